The van der Waals surface area contributed by atoms with Crippen molar-refractivity contribution in [3.05, 3.63) is 35.4 Å². The normalized spacial score (nSPS) is 13.6. The first-order valence-electron chi connectivity index (χ1n) is 5.83. The predicted molar refractivity (Wildman–Crippen MR) is 64.5 cm³/mol. The highest BCUT2D eigenvalue weighted by Gasteiger charge is 2.27. The maximum atomic E-state index is 11.8. The fourth-order valence-corrected chi connectivity index (χ4v) is 1.59. The Labute approximate surface area is 105 Å². The lowest BCUT2D eigenvalue weighted by Gasteiger charge is -2.15. The summed E-state index contributed by atoms with van der Waals surface area (Å²) in [6.45, 7) is 3.23. The zero-order valence-corrected chi connectivity index (χ0v) is 10.6. The van der Waals surface area contributed by atoms with Gasteiger partial charge in [-0.2, -0.15) is 13.2 Å². The van der Waals surface area contributed by atoms with Crippen LogP contribution in [0.5, 0.6) is 0 Å². The third kappa shape index (κ3) is 6.02. The molecule has 0 aliphatic rings. The van der Waals surface area contributed by atoms with Gasteiger partial charge in [-0.25, -0.2) is 0 Å². The van der Waals surface area contributed by atoms with E-state index in [0.29, 0.717) is 6.54 Å². The van der Waals surface area contributed by atoms with Crippen LogP contribution in [0.4, 0.5) is 13.2 Å². The van der Waals surface area contributed by atoms with Crippen LogP contribution in [0, 0.1) is 6.92 Å². The lowest BCUT2D eigenvalue weighted by Crippen LogP contribution is -2.26. The smallest absolute Gasteiger partial charge is 0.371 e. The van der Waals surface area contributed by atoms with Crippen LogP contribution >= 0.6 is 0 Å². The van der Waals surface area contributed by atoms with Crippen molar-refractivity contribution in [1.82, 2.24) is 5.32 Å². The van der Waals surface area contributed by atoms with Gasteiger partial charge < -0.3 is 10.1 Å². The highest BCUT2D eigenvalue weighted by molar-refractivity contribution is 5.24. The largest absolute Gasteiger partial charge is 0.411 e. The van der Waals surface area contributed by atoms with Crippen molar-refractivity contribution in [2.75, 3.05) is 19.8 Å². The molecule has 0 amide bonds. The molecule has 0 radical (unpaired) electrons. The Bertz CT molecular complexity index is 365. The average Bonchev–Trinajstić information content (AvgIpc) is 2.26. The summed E-state index contributed by atoms with van der Waals surface area (Å²) >= 11 is 0. The van der Waals surface area contributed by atoms with E-state index in [1.54, 1.807) is 0 Å². The first-order chi connectivity index (χ1) is 8.38. The lowest BCUT2D eigenvalue weighted by molar-refractivity contribution is -0.173. The Morgan fingerprint density at radius 3 is 2.67 bits per heavy atom. The summed E-state index contributed by atoms with van der Waals surface area (Å²) in [5, 5.41) is 3.12. The summed E-state index contributed by atoms with van der Waals surface area (Å²) in [6, 6.07) is 8.10. The molecule has 18 heavy (non-hydrogen) atoms. The first kappa shape index (κ1) is 15.0. The fourth-order valence-electron chi connectivity index (χ4n) is 1.59. The Morgan fingerprint density at radius 1 is 1.33 bits per heavy atom. The SMILES string of the molecule is Cc1cccc([C@@H](C)NCCOCC(F)(F)F)c1. The van der Waals surface area contributed by atoms with Crippen LogP contribution in [0.25, 0.3) is 0 Å². The van der Waals surface area contributed by atoms with E-state index in [2.05, 4.69) is 10.1 Å². The molecule has 0 bridgehead atoms. The molecular weight excluding hydrogens is 243 g/mol. The quantitative estimate of drug-likeness (QED) is 0.794. The van der Waals surface area contributed by atoms with Gasteiger partial charge in [-0.05, 0) is 19.4 Å². The van der Waals surface area contributed by atoms with E-state index in [4.69, 9.17) is 0 Å². The number of rotatable bonds is 6. The molecule has 0 aliphatic heterocycles. The van der Waals surface area contributed by atoms with Gasteiger partial charge in [-0.15, -0.1) is 0 Å². The Hall–Kier alpha value is -1.07. The van der Waals surface area contributed by atoms with Crippen molar-refractivity contribution < 1.29 is 17.9 Å². The zero-order valence-electron chi connectivity index (χ0n) is 10.6. The molecule has 5 heteroatoms. The number of hydrogen-bond donors (Lipinski definition) is 1. The molecule has 1 rings (SSSR count). The van der Waals surface area contributed by atoms with E-state index in [9.17, 15) is 13.2 Å². The Morgan fingerprint density at radius 2 is 2.06 bits per heavy atom. The summed E-state index contributed by atoms with van der Waals surface area (Å²) in [7, 11) is 0. The van der Waals surface area contributed by atoms with Crippen LogP contribution in [0.15, 0.2) is 24.3 Å². The second-order valence-electron chi connectivity index (χ2n) is 4.26. The van der Waals surface area contributed by atoms with Gasteiger partial charge in [0.15, 0.2) is 0 Å². The number of hydrogen-bond acceptors (Lipinski definition) is 2. The minimum atomic E-state index is -4.25. The average molecular weight is 261 g/mol. The predicted octanol–water partition coefficient (Wildman–Crippen LogP) is 3.22. The number of halogens is 3. The third-order valence-corrected chi connectivity index (χ3v) is 2.50. The molecule has 0 aromatic heterocycles. The lowest BCUT2D eigenvalue weighted by atomic mass is 10.1. The molecule has 0 saturated carbocycles. The van der Waals surface area contributed by atoms with Gasteiger partial charge in [0, 0.05) is 12.6 Å². The summed E-state index contributed by atoms with van der Waals surface area (Å²) in [5.41, 5.74) is 2.28. The van der Waals surface area contributed by atoms with Crippen molar-refractivity contribution in [2.45, 2.75) is 26.1 Å². The standard InChI is InChI=1S/C13H18F3NO/c1-10-4-3-5-12(8-10)11(2)17-6-7-18-9-13(14,15)16/h3-5,8,11,17H,6-7,9H2,1-2H3/t11-/m1/s1. The Balaban J connectivity index is 2.23. The molecule has 0 aliphatic carbocycles. The number of alkyl halides is 3. The molecule has 1 atom stereocenters. The number of nitrogens with one attached hydrogen (secondary N) is 1. The van der Waals surface area contributed by atoms with Crippen molar-refractivity contribution >= 4 is 0 Å². The molecule has 0 fully saturated rings. The second-order valence-corrected chi connectivity index (χ2v) is 4.26. The maximum absolute atomic E-state index is 11.8. The minimum absolute atomic E-state index is 0.0513. The van der Waals surface area contributed by atoms with E-state index in [0.717, 1.165) is 11.1 Å². The first-order valence-corrected chi connectivity index (χ1v) is 5.83. The van der Waals surface area contributed by atoms with Gasteiger partial charge in [0.05, 0.1) is 6.61 Å². The third-order valence-electron chi connectivity index (χ3n) is 2.50. The Kier molecular flexibility index (Phi) is 5.62. The van der Waals surface area contributed by atoms with Crippen molar-refractivity contribution in [1.29, 1.82) is 0 Å². The second kappa shape index (κ2) is 6.75. The molecule has 0 saturated heterocycles. The van der Waals surface area contributed by atoms with Crippen LogP contribution in [-0.2, 0) is 4.74 Å². The van der Waals surface area contributed by atoms with E-state index >= 15 is 0 Å². The van der Waals surface area contributed by atoms with Crippen LogP contribution in [0.3, 0.4) is 0 Å². The van der Waals surface area contributed by atoms with Crippen LogP contribution in [0.2, 0.25) is 0 Å². The molecule has 1 N–H and O–H groups in total. The van der Waals surface area contributed by atoms with Crippen molar-refractivity contribution in [3.63, 3.8) is 0 Å². The molecule has 1 aromatic carbocycles. The van der Waals surface area contributed by atoms with Gasteiger partial charge in [-0.1, -0.05) is 29.8 Å². The molecule has 1 aromatic rings. The topological polar surface area (TPSA) is 21.3 Å². The molecular formula is C13H18F3NO. The van der Waals surface area contributed by atoms with Crippen LogP contribution in [-0.4, -0.2) is 25.9 Å². The number of ether oxygens (including phenoxy) is 1. The van der Waals surface area contributed by atoms with E-state index in [1.807, 2.05) is 38.1 Å². The molecule has 2 nitrogen and oxygen atoms in total. The van der Waals surface area contributed by atoms with Gasteiger partial charge in [0.2, 0.25) is 0 Å². The molecule has 0 spiro atoms. The number of benzene rings is 1. The summed E-state index contributed by atoms with van der Waals surface area (Å²) < 4.78 is 39.9. The van der Waals surface area contributed by atoms with E-state index in [-0.39, 0.29) is 12.6 Å². The minimum Gasteiger partial charge on any atom is -0.371 e. The van der Waals surface area contributed by atoms with Gasteiger partial charge >= 0.3 is 6.18 Å². The molecule has 0 heterocycles. The van der Waals surface area contributed by atoms with Gasteiger partial charge in [0.25, 0.3) is 0 Å². The summed E-state index contributed by atoms with van der Waals surface area (Å²) in [6.07, 6.45) is -4.25. The van der Waals surface area contributed by atoms with Crippen molar-refractivity contribution in [3.8, 4) is 0 Å². The zero-order chi connectivity index (χ0) is 13.6. The van der Waals surface area contributed by atoms with Gasteiger partial charge in [0.1, 0.15) is 6.61 Å². The van der Waals surface area contributed by atoms with Crippen molar-refractivity contribution in [2.24, 2.45) is 0 Å². The number of aryl methyl sites for hydroxylation is 1. The van der Waals surface area contributed by atoms with Gasteiger partial charge in [-0.3, -0.25) is 0 Å². The van der Waals surface area contributed by atoms with Crippen LogP contribution < -0.4 is 5.32 Å². The fraction of sp³-hybridized carbons (Fsp3) is 0.538. The van der Waals surface area contributed by atoms with E-state index < -0.39 is 12.8 Å². The summed E-state index contributed by atoms with van der Waals surface area (Å²) in [5.74, 6) is 0. The van der Waals surface area contributed by atoms with E-state index in [1.165, 1.54) is 0 Å². The van der Waals surface area contributed by atoms with Crippen LogP contribution in [0.1, 0.15) is 24.1 Å². The maximum Gasteiger partial charge on any atom is 0.411 e. The highest BCUT2D eigenvalue weighted by atomic mass is 19.4. The monoisotopic (exact) mass is 261 g/mol. The summed E-state index contributed by atoms with van der Waals surface area (Å²) in [4.78, 5) is 0. The molecule has 102 valence electrons. The molecule has 0 unspecified atom stereocenters. The highest BCUT2D eigenvalue weighted by Crippen LogP contribution is 2.15.